The first-order chi connectivity index (χ1) is 15.0. The summed E-state index contributed by atoms with van der Waals surface area (Å²) in [6, 6.07) is 8.21. The van der Waals surface area contributed by atoms with Crippen molar-refractivity contribution >= 4 is 22.1 Å². The molecule has 0 heterocycles. The molecule has 0 bridgehead atoms. The van der Waals surface area contributed by atoms with E-state index >= 15 is 0 Å². The number of ether oxygens (including phenoxy) is 2. The average Bonchev–Trinajstić information content (AvgIpc) is 3.35. The zero-order valence-corrected chi connectivity index (χ0v) is 17.4. The van der Waals surface area contributed by atoms with Crippen LogP contribution in [-0.2, 0) is 40.0 Å². The molecule has 32 heavy (non-hydrogen) atoms. The molecule has 3 rings (SSSR count). The van der Waals surface area contributed by atoms with Crippen LogP contribution in [0.3, 0.4) is 0 Å². The Kier molecular flexibility index (Phi) is 6.40. The van der Waals surface area contributed by atoms with Gasteiger partial charge in [0.15, 0.2) is 5.54 Å². The van der Waals surface area contributed by atoms with Gasteiger partial charge in [0.05, 0.1) is 18.6 Å². The fourth-order valence-electron chi connectivity index (χ4n) is 4.14. The Balaban J connectivity index is 1.95. The molecule has 1 aromatic rings. The maximum atomic E-state index is 13.0. The van der Waals surface area contributed by atoms with Crippen molar-refractivity contribution in [2.24, 2.45) is 22.9 Å². The van der Waals surface area contributed by atoms with Crippen molar-refractivity contribution < 1.29 is 44.8 Å². The lowest BCUT2D eigenvalue weighted by atomic mass is 9.88. The summed E-state index contributed by atoms with van der Waals surface area (Å²) in [6.45, 7) is 1.21. The molecule has 2 aliphatic rings. The third-order valence-electron chi connectivity index (χ3n) is 5.49. The monoisotopic (exact) mass is 477 g/mol. The zero-order valence-electron chi connectivity index (χ0n) is 16.6. The number of halogens is 3. The van der Waals surface area contributed by atoms with E-state index in [0.717, 1.165) is 0 Å². The normalized spacial score (nSPS) is 28.9. The van der Waals surface area contributed by atoms with Crippen LogP contribution in [0.4, 0.5) is 13.2 Å². The second-order valence-corrected chi connectivity index (χ2v) is 8.83. The van der Waals surface area contributed by atoms with E-state index in [9.17, 15) is 31.2 Å². The lowest BCUT2D eigenvalue weighted by Crippen LogP contribution is -2.52. The molecule has 0 N–H and O–H groups in total. The Labute approximate surface area is 180 Å². The molecule has 0 amide bonds. The van der Waals surface area contributed by atoms with Crippen LogP contribution >= 0.6 is 0 Å². The Hall–Kier alpha value is -2.83. The average molecular weight is 477 g/mol. The highest BCUT2D eigenvalue weighted by Crippen LogP contribution is 2.65. The number of alkyl halides is 3. The predicted octanol–water partition coefficient (Wildman–Crippen LogP) is 2.84. The first-order valence-electron chi connectivity index (χ1n) is 9.43. The molecule has 2 fully saturated rings. The number of nitrogens with zero attached hydrogens (tertiary/aromatic N) is 3. The second-order valence-electron chi connectivity index (χ2n) is 7.26. The summed E-state index contributed by atoms with van der Waals surface area (Å²) in [7, 11) is -6.13. The first kappa shape index (κ1) is 23.8. The summed E-state index contributed by atoms with van der Waals surface area (Å²) in [6.07, 6.45) is -2.46. The van der Waals surface area contributed by atoms with Crippen molar-refractivity contribution in [2.75, 3.05) is 6.61 Å². The number of fused-ring (bicyclic) bond motifs is 1. The van der Waals surface area contributed by atoms with Crippen LogP contribution in [0.2, 0.25) is 0 Å². The molecule has 14 heteroatoms. The maximum absolute atomic E-state index is 13.0. The number of benzene rings is 1. The van der Waals surface area contributed by atoms with Gasteiger partial charge >= 0.3 is 27.6 Å². The van der Waals surface area contributed by atoms with E-state index in [1.54, 1.807) is 30.3 Å². The van der Waals surface area contributed by atoms with Crippen LogP contribution in [0, 0.1) is 17.8 Å². The van der Waals surface area contributed by atoms with Gasteiger partial charge in [-0.3, -0.25) is 13.8 Å². The van der Waals surface area contributed by atoms with Crippen LogP contribution in [-0.4, -0.2) is 44.1 Å². The smallest absolute Gasteiger partial charge is 0.466 e. The molecule has 2 aliphatic carbocycles. The SMILES string of the molecule is CCOC(=O)[C@H]1[C@@H]2C[C@@H](OS(=O)(=O)C(F)(F)F)C(N=[N+]=[N-])(C(=O)OCc3ccccc3)[C@@H]21. The molecule has 0 saturated heterocycles. The van der Waals surface area contributed by atoms with Crippen molar-refractivity contribution in [3.05, 3.63) is 46.3 Å². The van der Waals surface area contributed by atoms with Crippen molar-refractivity contribution in [3.63, 3.8) is 0 Å². The van der Waals surface area contributed by atoms with Crippen molar-refractivity contribution in [2.45, 2.75) is 37.1 Å². The number of azide groups is 1. The topological polar surface area (TPSA) is 145 Å². The molecule has 1 unspecified atom stereocenters. The molecule has 174 valence electrons. The fraction of sp³-hybridized carbons (Fsp3) is 0.556. The van der Waals surface area contributed by atoms with Gasteiger partial charge < -0.3 is 9.47 Å². The van der Waals surface area contributed by atoms with E-state index in [4.69, 9.17) is 15.0 Å². The van der Waals surface area contributed by atoms with E-state index < -0.39 is 63.4 Å². The van der Waals surface area contributed by atoms with E-state index in [1.165, 1.54) is 6.92 Å². The van der Waals surface area contributed by atoms with Gasteiger partial charge in [0.2, 0.25) is 0 Å². The number of hydrogen-bond donors (Lipinski definition) is 0. The number of rotatable bonds is 8. The van der Waals surface area contributed by atoms with Gasteiger partial charge in [-0.15, -0.1) is 0 Å². The number of esters is 2. The minimum Gasteiger partial charge on any atom is -0.466 e. The minimum atomic E-state index is -6.13. The molecule has 10 nitrogen and oxygen atoms in total. The van der Waals surface area contributed by atoms with Gasteiger partial charge in [0.1, 0.15) is 6.61 Å². The van der Waals surface area contributed by atoms with Crippen LogP contribution < -0.4 is 0 Å². The lowest BCUT2D eigenvalue weighted by molar-refractivity contribution is -0.157. The number of carbonyl (C=O) groups excluding carboxylic acids is 2. The Morgan fingerprint density at radius 1 is 1.25 bits per heavy atom. The lowest BCUT2D eigenvalue weighted by Gasteiger charge is -2.31. The zero-order chi connectivity index (χ0) is 23.7. The summed E-state index contributed by atoms with van der Waals surface area (Å²) in [5.41, 5.74) is 1.33. The first-order valence-corrected chi connectivity index (χ1v) is 10.8. The van der Waals surface area contributed by atoms with Crippen LogP contribution in [0.1, 0.15) is 18.9 Å². The van der Waals surface area contributed by atoms with Crippen LogP contribution in [0.15, 0.2) is 35.4 Å². The van der Waals surface area contributed by atoms with Gasteiger partial charge in [0.25, 0.3) is 0 Å². The van der Waals surface area contributed by atoms with Gasteiger partial charge in [-0.25, -0.2) is 0 Å². The van der Waals surface area contributed by atoms with Crippen molar-refractivity contribution in [1.29, 1.82) is 0 Å². The van der Waals surface area contributed by atoms with E-state index in [2.05, 4.69) is 14.2 Å². The molecule has 5 atom stereocenters. The van der Waals surface area contributed by atoms with Crippen molar-refractivity contribution in [3.8, 4) is 0 Å². The Morgan fingerprint density at radius 2 is 1.91 bits per heavy atom. The second kappa shape index (κ2) is 8.60. The largest absolute Gasteiger partial charge is 0.523 e. The molecule has 2 saturated carbocycles. The molecular formula is C18H18F3N3O7S. The van der Waals surface area contributed by atoms with Gasteiger partial charge in [-0.1, -0.05) is 35.4 Å². The molecule has 0 radical (unpaired) electrons. The fourth-order valence-corrected chi connectivity index (χ4v) is 4.78. The quantitative estimate of drug-likeness (QED) is 0.140. The van der Waals surface area contributed by atoms with Crippen LogP contribution in [0.25, 0.3) is 10.4 Å². The molecule has 0 spiro atoms. The predicted molar refractivity (Wildman–Crippen MR) is 99.7 cm³/mol. The summed E-state index contributed by atoms with van der Waals surface area (Å²) < 4.78 is 76.3. The number of hydrogen-bond acceptors (Lipinski definition) is 8. The maximum Gasteiger partial charge on any atom is 0.523 e. The summed E-state index contributed by atoms with van der Waals surface area (Å²) >= 11 is 0. The summed E-state index contributed by atoms with van der Waals surface area (Å²) in [4.78, 5) is 27.8. The summed E-state index contributed by atoms with van der Waals surface area (Å²) in [5.74, 6) is -4.92. The van der Waals surface area contributed by atoms with E-state index in [1.807, 2.05) is 0 Å². The molecule has 1 aromatic carbocycles. The van der Waals surface area contributed by atoms with Gasteiger partial charge in [-0.05, 0) is 30.4 Å². The van der Waals surface area contributed by atoms with Gasteiger partial charge in [-0.2, -0.15) is 21.6 Å². The highest BCUT2D eigenvalue weighted by Gasteiger charge is 2.77. The van der Waals surface area contributed by atoms with Gasteiger partial charge in [0, 0.05) is 10.8 Å². The van der Waals surface area contributed by atoms with Crippen molar-refractivity contribution in [1.82, 2.24) is 0 Å². The molecule has 0 aromatic heterocycles. The highest BCUT2D eigenvalue weighted by molar-refractivity contribution is 7.87. The Morgan fingerprint density at radius 3 is 2.47 bits per heavy atom. The number of carbonyl (C=O) groups is 2. The third-order valence-corrected chi connectivity index (χ3v) is 6.54. The van der Waals surface area contributed by atoms with Crippen LogP contribution in [0.5, 0.6) is 0 Å². The summed E-state index contributed by atoms with van der Waals surface area (Å²) in [5, 5.41) is 3.37. The molecular weight excluding hydrogens is 459 g/mol. The highest BCUT2D eigenvalue weighted by atomic mass is 32.2. The van der Waals surface area contributed by atoms with E-state index in [0.29, 0.717) is 5.56 Å². The Bertz CT molecular complexity index is 1040. The van der Waals surface area contributed by atoms with E-state index in [-0.39, 0.29) is 13.2 Å². The third kappa shape index (κ3) is 4.12. The molecule has 0 aliphatic heterocycles. The minimum absolute atomic E-state index is 0.00409. The standard InChI is InChI=1S/C18H18F3N3O7S/c1-2-29-15(25)13-11-8-12(31-32(27,28)18(19,20)21)17(14(11)13,23-24-22)16(26)30-9-10-6-4-3-5-7-10/h3-7,11-14H,2,8-9H2,1H3/t11-,12+,13-,14-,17?/m0/s1.